The Hall–Kier alpha value is -3.56. The van der Waals surface area contributed by atoms with Crippen molar-refractivity contribution in [2.75, 3.05) is 0 Å². The molecule has 28 nitrogen and oxygen atoms in total. The predicted molar refractivity (Wildman–Crippen MR) is 117 cm³/mol. The molecular formula is C24H20O28Pu3-12. The molecule has 0 radical (unpaired) electrons. The summed E-state index contributed by atoms with van der Waals surface area (Å²) in [5.74, 6) is -23.9. The van der Waals surface area contributed by atoms with Gasteiger partial charge in [0.05, 0.1) is 23.9 Å². The Morgan fingerprint density at radius 3 is 0.364 bits per heavy atom. The molecule has 0 saturated heterocycles. The normalized spacial score (nSPS) is 10.3. The van der Waals surface area contributed by atoms with Gasteiger partial charge in [0.15, 0.2) is 0 Å². The Balaban J connectivity index is -0.000000110. The van der Waals surface area contributed by atoms with Crippen molar-refractivity contribution in [1.82, 2.24) is 0 Å². The first-order valence-electron chi connectivity index (χ1n) is 12.5. The largest absolute Gasteiger partial charge is 0.550 e. The van der Waals surface area contributed by atoms with Crippen LogP contribution in [0.2, 0.25) is 0 Å². The number of hydrogen-bond donors (Lipinski definition) is 4. The second-order valence-corrected chi connectivity index (χ2v) is 9.67. The van der Waals surface area contributed by atoms with E-state index in [0.29, 0.717) is 0 Å². The zero-order chi connectivity index (χ0) is 42.6. The van der Waals surface area contributed by atoms with Crippen molar-refractivity contribution in [3.05, 3.63) is 0 Å². The van der Waals surface area contributed by atoms with Gasteiger partial charge in [0, 0.05) is 187 Å². The molecule has 0 spiro atoms. The summed E-state index contributed by atoms with van der Waals surface area (Å²) in [5.41, 5.74) is -11.9. The minimum atomic E-state index is -2.97. The van der Waals surface area contributed by atoms with Crippen LogP contribution >= 0.6 is 0 Å². The molecule has 55 heavy (non-hydrogen) atoms. The summed E-state index contributed by atoms with van der Waals surface area (Å²) < 4.78 is 0. The van der Waals surface area contributed by atoms with Crippen LogP contribution in [0.5, 0.6) is 0 Å². The maximum atomic E-state index is 10.1. The molecular weight excluding hydrogens is 1470 g/mol. The van der Waals surface area contributed by atoms with Crippen LogP contribution in [0.15, 0.2) is 0 Å². The molecule has 0 saturated carbocycles. The van der Waals surface area contributed by atoms with Crippen LogP contribution in [0, 0.1) is 87.5 Å². The third-order valence-corrected chi connectivity index (χ3v) is 5.01. The standard InChI is InChI=1S/4C6H8O7.3Pu/c4*7-3(8)1-6(13,5(11)12)2-4(9)10;;;/h4*13H,1-2H2,(H,7,8)(H,9,10)(H,11,12);;;/p-12. The summed E-state index contributed by atoms with van der Waals surface area (Å²) in [6.07, 6.45) is -10.9. The summed E-state index contributed by atoms with van der Waals surface area (Å²) in [6.45, 7) is 0. The maximum absolute atomic E-state index is 10.1. The average molecular weight is 1490 g/mol. The number of aliphatic hydroxyl groups is 4. The van der Waals surface area contributed by atoms with E-state index in [0.717, 1.165) is 0 Å². The Bertz CT molecular complexity index is 1130. The molecule has 0 aromatic carbocycles. The second kappa shape index (κ2) is 29.7. The van der Waals surface area contributed by atoms with Gasteiger partial charge in [-0.1, -0.05) is 0 Å². The summed E-state index contributed by atoms with van der Waals surface area (Å²) in [5, 5.41) is 156. The molecule has 0 aliphatic rings. The smallest absolute Gasteiger partial charge is 0.114 e. The molecule has 0 unspecified atom stereocenters. The van der Waals surface area contributed by atoms with Crippen LogP contribution in [-0.4, -0.2) is 114 Å². The Kier molecular flexibility index (Phi) is 35.8. The van der Waals surface area contributed by atoms with Gasteiger partial charge in [0.1, 0.15) is 22.4 Å². The fourth-order valence-electron chi connectivity index (χ4n) is 2.74. The van der Waals surface area contributed by atoms with E-state index in [4.69, 9.17) is 20.4 Å². The fourth-order valence-corrected chi connectivity index (χ4v) is 2.74. The topological polar surface area (TPSA) is 562 Å². The van der Waals surface area contributed by atoms with Crippen LogP contribution in [0.1, 0.15) is 51.4 Å². The SMILES string of the molecule is O=C([O-])CC(O)(CC(=O)[O-])C(=O)[O-].O=C([O-])CC(O)(CC(=O)[O-])C(=O)[O-].O=C([O-])CC(O)(CC(=O)[O-])C(=O)[O-].O=C([O-])CC(O)(CC(=O)[O-])C(=O)[O-].[Pu].[Pu].[Pu]. The summed E-state index contributed by atoms with van der Waals surface area (Å²) in [6, 6.07) is 0. The number of carbonyl (C=O) groups excluding carboxylic acids is 12. The van der Waals surface area contributed by atoms with Gasteiger partial charge in [-0.05, 0) is 0 Å². The molecule has 0 amide bonds. The quantitative estimate of drug-likeness (QED) is 0.0879. The summed E-state index contributed by atoms with van der Waals surface area (Å²) in [7, 11) is 0. The molecule has 0 bridgehead atoms. The van der Waals surface area contributed by atoms with Crippen molar-refractivity contribution in [1.29, 1.82) is 0 Å². The molecule has 0 fully saturated rings. The number of carbonyl (C=O) groups is 12. The number of hydrogen-bond acceptors (Lipinski definition) is 28. The molecule has 4 N–H and O–H groups in total. The molecule has 314 valence electrons. The van der Waals surface area contributed by atoms with Crippen molar-refractivity contribution >= 4 is 71.6 Å². The number of aliphatic carboxylic acids is 12. The Morgan fingerprint density at radius 1 is 0.255 bits per heavy atom. The minimum Gasteiger partial charge on any atom is -0.550 e. The first-order chi connectivity index (χ1) is 23.1. The predicted octanol–water partition coefficient (Wildman–Crippen LogP) is -21.0. The second-order valence-electron chi connectivity index (χ2n) is 9.67. The molecule has 0 heterocycles. The van der Waals surface area contributed by atoms with E-state index in [1.165, 1.54) is 0 Å². The molecule has 31 heteroatoms. The molecule has 0 rings (SSSR count). The van der Waals surface area contributed by atoms with Crippen molar-refractivity contribution in [2.24, 2.45) is 0 Å². The van der Waals surface area contributed by atoms with Crippen LogP contribution < -0.4 is 61.3 Å². The van der Waals surface area contributed by atoms with Crippen LogP contribution in [0.25, 0.3) is 0 Å². The molecule has 0 aliphatic heterocycles. The molecule has 0 aliphatic carbocycles. The van der Waals surface area contributed by atoms with E-state index in [2.05, 4.69) is 0 Å². The molecule has 0 aromatic heterocycles. The van der Waals surface area contributed by atoms with Gasteiger partial charge in [-0.3, -0.25) is 0 Å². The number of carboxylic acids is 12. The number of carboxylic acid groups (broad SMARTS) is 12. The first kappa shape index (κ1) is 66.3. The average Bonchev–Trinajstić information content (AvgIpc) is 2.85. The van der Waals surface area contributed by atoms with Crippen LogP contribution in [0.3, 0.4) is 0 Å². The van der Waals surface area contributed by atoms with Crippen molar-refractivity contribution < 1.29 is 227 Å². The molecule has 0 aromatic rings. The van der Waals surface area contributed by atoms with E-state index < -0.39 is 145 Å². The number of rotatable bonds is 20. The van der Waals surface area contributed by atoms with Crippen LogP contribution in [0.4, 0.5) is 0 Å². The maximum Gasteiger partial charge on any atom is 0.114 e. The molecule has 0 atom stereocenters. The van der Waals surface area contributed by atoms with Gasteiger partial charge < -0.3 is 139 Å². The minimum absolute atomic E-state index is 0. The zero-order valence-electron chi connectivity index (χ0n) is 26.5. The van der Waals surface area contributed by atoms with Gasteiger partial charge in [-0.15, -0.1) is 0 Å². The summed E-state index contributed by atoms with van der Waals surface area (Å²) in [4.78, 5) is 120. The first-order valence-corrected chi connectivity index (χ1v) is 12.5. The Morgan fingerprint density at radius 2 is 0.327 bits per heavy atom. The fraction of sp³-hybridized carbons (Fsp3) is 0.500. The van der Waals surface area contributed by atoms with E-state index in [1.807, 2.05) is 0 Å². The van der Waals surface area contributed by atoms with E-state index in [9.17, 15) is 119 Å². The van der Waals surface area contributed by atoms with Gasteiger partial charge in [-0.25, -0.2) is 0 Å². The van der Waals surface area contributed by atoms with Crippen molar-refractivity contribution in [3.8, 4) is 0 Å². The zero-order valence-corrected chi connectivity index (χ0v) is 36.7. The van der Waals surface area contributed by atoms with Crippen molar-refractivity contribution in [2.45, 2.75) is 73.8 Å². The van der Waals surface area contributed by atoms with E-state index >= 15 is 0 Å². The van der Waals surface area contributed by atoms with Gasteiger partial charge >= 0.3 is 0 Å². The van der Waals surface area contributed by atoms with Crippen LogP contribution in [-0.2, 0) is 57.5 Å². The monoisotopic (exact) mass is 1470 g/mol. The third-order valence-electron chi connectivity index (χ3n) is 5.01. The van der Waals surface area contributed by atoms with Gasteiger partial charge in [-0.2, -0.15) is 0 Å². The van der Waals surface area contributed by atoms with Crippen molar-refractivity contribution in [3.63, 3.8) is 0 Å². The Labute approximate surface area is 369 Å². The van der Waals surface area contributed by atoms with E-state index in [-0.39, 0.29) is 87.5 Å². The van der Waals surface area contributed by atoms with Gasteiger partial charge in [0.25, 0.3) is 0 Å². The summed E-state index contributed by atoms with van der Waals surface area (Å²) >= 11 is 0. The van der Waals surface area contributed by atoms with Gasteiger partial charge in [0.2, 0.25) is 0 Å². The van der Waals surface area contributed by atoms with E-state index in [1.54, 1.807) is 0 Å². The third kappa shape index (κ3) is 32.4.